The molecular formula is C15H20BrFN4O3. The van der Waals surface area contributed by atoms with Crippen molar-refractivity contribution in [2.75, 3.05) is 17.6 Å². The van der Waals surface area contributed by atoms with Gasteiger partial charge in [-0.1, -0.05) is 0 Å². The van der Waals surface area contributed by atoms with Gasteiger partial charge in [0.05, 0.1) is 12.2 Å². The molecular weight excluding hydrogens is 383 g/mol. The minimum absolute atomic E-state index is 0.0884. The Labute approximate surface area is 147 Å². The van der Waals surface area contributed by atoms with E-state index in [0.29, 0.717) is 10.3 Å². The van der Waals surface area contributed by atoms with E-state index in [4.69, 9.17) is 10.5 Å². The normalized spacial score (nSPS) is 20.8. The van der Waals surface area contributed by atoms with Crippen molar-refractivity contribution in [3.63, 3.8) is 0 Å². The Balaban J connectivity index is 2.12. The van der Waals surface area contributed by atoms with Crippen LogP contribution in [-0.2, 0) is 9.53 Å². The van der Waals surface area contributed by atoms with Gasteiger partial charge in [0.15, 0.2) is 0 Å². The van der Waals surface area contributed by atoms with Crippen molar-refractivity contribution in [1.82, 2.24) is 9.88 Å². The number of nitrogens with zero attached hydrogens (tertiary/aromatic N) is 2. The number of hydrogen-bond acceptors (Lipinski definition) is 5. The summed E-state index contributed by atoms with van der Waals surface area (Å²) in [4.78, 5) is 29.7. The number of nitrogens with one attached hydrogen (secondary N) is 1. The first-order valence-electron chi connectivity index (χ1n) is 7.43. The molecule has 2 heterocycles. The summed E-state index contributed by atoms with van der Waals surface area (Å²) in [6.07, 6.45) is -2.09. The number of alkyl halides is 1. The third-order valence-electron chi connectivity index (χ3n) is 3.33. The molecule has 0 radical (unpaired) electrons. The molecule has 1 fully saturated rings. The minimum atomic E-state index is -1.28. The van der Waals surface area contributed by atoms with Crippen molar-refractivity contribution in [3.8, 4) is 0 Å². The lowest BCUT2D eigenvalue weighted by Crippen LogP contribution is -2.45. The molecule has 132 valence electrons. The fraction of sp³-hybridized carbons (Fsp3) is 0.533. The predicted molar refractivity (Wildman–Crippen MR) is 91.2 cm³/mol. The van der Waals surface area contributed by atoms with Gasteiger partial charge in [-0.15, -0.1) is 0 Å². The van der Waals surface area contributed by atoms with Crippen molar-refractivity contribution in [3.05, 3.63) is 16.7 Å². The molecule has 0 aromatic carbocycles. The van der Waals surface area contributed by atoms with Crippen molar-refractivity contribution in [2.45, 2.75) is 45.0 Å². The topological polar surface area (TPSA) is 97.5 Å². The Hall–Kier alpha value is -1.90. The Kier molecular flexibility index (Phi) is 5.32. The highest BCUT2D eigenvalue weighted by Crippen LogP contribution is 2.26. The molecule has 7 nitrogen and oxygen atoms in total. The number of pyridine rings is 1. The number of halogens is 2. The van der Waals surface area contributed by atoms with Gasteiger partial charge in [0, 0.05) is 6.42 Å². The number of amides is 2. The smallest absolute Gasteiger partial charge is 0.411 e. The summed E-state index contributed by atoms with van der Waals surface area (Å²) in [5, 5.41) is 2.58. The van der Waals surface area contributed by atoms with Gasteiger partial charge in [-0.25, -0.2) is 14.2 Å². The van der Waals surface area contributed by atoms with Crippen LogP contribution < -0.4 is 11.1 Å². The van der Waals surface area contributed by atoms with E-state index in [-0.39, 0.29) is 18.8 Å². The third-order valence-corrected chi connectivity index (χ3v) is 3.77. The standard InChI is InChI=1S/C15H20BrFN4O3/c1-15(2,3)24-14(23)21-7-8(17)6-10(21)13(22)19-9-4-5-11(16)20-12(9)18/h4-5,8,10H,6-7H2,1-3H3,(H2,18,20)(H,19,22)/t8-,10+/m1/s1. The highest BCUT2D eigenvalue weighted by atomic mass is 79.9. The molecule has 1 aliphatic rings. The Bertz CT molecular complexity index is 650. The third kappa shape index (κ3) is 4.56. The summed E-state index contributed by atoms with van der Waals surface area (Å²) in [6.45, 7) is 4.94. The number of carbonyl (C=O) groups is 2. The second-order valence-electron chi connectivity index (χ2n) is 6.54. The van der Waals surface area contributed by atoms with Crippen LogP contribution in [0.4, 0.5) is 20.7 Å². The maximum Gasteiger partial charge on any atom is 0.411 e. The molecule has 2 atom stereocenters. The summed E-state index contributed by atoms with van der Waals surface area (Å²) in [5.74, 6) is -0.409. The van der Waals surface area contributed by atoms with E-state index in [2.05, 4.69) is 26.2 Å². The number of likely N-dealkylation sites (tertiary alicyclic amines) is 1. The molecule has 1 saturated heterocycles. The average molecular weight is 403 g/mol. The van der Waals surface area contributed by atoms with Gasteiger partial charge in [0.25, 0.3) is 0 Å². The first kappa shape index (κ1) is 18.4. The number of ether oxygens (including phenoxy) is 1. The number of hydrogen-bond donors (Lipinski definition) is 2. The van der Waals surface area contributed by atoms with Crippen LogP contribution in [-0.4, -0.2) is 46.2 Å². The zero-order valence-electron chi connectivity index (χ0n) is 13.7. The van der Waals surface area contributed by atoms with Gasteiger partial charge in [-0.3, -0.25) is 9.69 Å². The summed E-state index contributed by atoms with van der Waals surface area (Å²) >= 11 is 3.17. The van der Waals surface area contributed by atoms with Crippen molar-refractivity contribution in [2.24, 2.45) is 0 Å². The van der Waals surface area contributed by atoms with Crippen molar-refractivity contribution in [1.29, 1.82) is 0 Å². The Morgan fingerprint density at radius 2 is 2.12 bits per heavy atom. The number of anilines is 2. The molecule has 1 aromatic rings. The van der Waals surface area contributed by atoms with Crippen LogP contribution in [0.25, 0.3) is 0 Å². The second-order valence-corrected chi connectivity index (χ2v) is 7.35. The molecule has 0 bridgehead atoms. The number of rotatable bonds is 2. The van der Waals surface area contributed by atoms with E-state index in [1.165, 1.54) is 0 Å². The van der Waals surface area contributed by atoms with Gasteiger partial charge in [0.2, 0.25) is 5.91 Å². The molecule has 0 spiro atoms. The van der Waals surface area contributed by atoms with Gasteiger partial charge < -0.3 is 15.8 Å². The maximum absolute atomic E-state index is 13.8. The molecule has 2 rings (SSSR count). The quantitative estimate of drug-likeness (QED) is 0.741. The fourth-order valence-corrected chi connectivity index (χ4v) is 2.65. The highest BCUT2D eigenvalue weighted by molar-refractivity contribution is 9.10. The molecule has 0 saturated carbocycles. The molecule has 1 aromatic heterocycles. The lowest BCUT2D eigenvalue weighted by Gasteiger charge is -2.27. The van der Waals surface area contributed by atoms with E-state index in [1.807, 2.05) is 0 Å². The predicted octanol–water partition coefficient (Wildman–Crippen LogP) is 2.71. The van der Waals surface area contributed by atoms with Crippen LogP contribution in [0.3, 0.4) is 0 Å². The minimum Gasteiger partial charge on any atom is -0.444 e. The van der Waals surface area contributed by atoms with Crippen molar-refractivity contribution >= 4 is 39.4 Å². The number of carbonyl (C=O) groups excluding carboxylic acids is 2. The zero-order valence-corrected chi connectivity index (χ0v) is 15.3. The van der Waals surface area contributed by atoms with E-state index >= 15 is 0 Å². The van der Waals surface area contributed by atoms with Gasteiger partial charge in [-0.2, -0.15) is 0 Å². The van der Waals surface area contributed by atoms with Gasteiger partial charge >= 0.3 is 6.09 Å². The first-order chi connectivity index (χ1) is 11.1. The van der Waals surface area contributed by atoms with E-state index in [9.17, 15) is 14.0 Å². The Morgan fingerprint density at radius 1 is 1.46 bits per heavy atom. The summed E-state index contributed by atoms with van der Waals surface area (Å²) in [6, 6.07) is 2.23. The highest BCUT2D eigenvalue weighted by Gasteiger charge is 2.41. The molecule has 9 heteroatoms. The Morgan fingerprint density at radius 3 is 2.71 bits per heavy atom. The van der Waals surface area contributed by atoms with E-state index in [0.717, 1.165) is 4.90 Å². The van der Waals surface area contributed by atoms with Crippen LogP contribution in [0, 0.1) is 0 Å². The SMILES string of the molecule is CC(C)(C)OC(=O)N1C[C@H](F)C[C@H]1C(=O)Nc1ccc(Br)nc1N. The van der Waals surface area contributed by atoms with E-state index < -0.39 is 29.8 Å². The fourth-order valence-electron chi connectivity index (χ4n) is 2.33. The van der Waals surface area contributed by atoms with Crippen LogP contribution in [0.15, 0.2) is 16.7 Å². The maximum atomic E-state index is 13.8. The van der Waals surface area contributed by atoms with Crippen LogP contribution >= 0.6 is 15.9 Å². The monoisotopic (exact) mass is 402 g/mol. The molecule has 0 aliphatic carbocycles. The lowest BCUT2D eigenvalue weighted by atomic mass is 10.2. The largest absolute Gasteiger partial charge is 0.444 e. The van der Waals surface area contributed by atoms with Crippen LogP contribution in [0.5, 0.6) is 0 Å². The van der Waals surface area contributed by atoms with E-state index in [1.54, 1.807) is 32.9 Å². The summed E-state index contributed by atoms with van der Waals surface area (Å²) in [7, 11) is 0. The van der Waals surface area contributed by atoms with Crippen LogP contribution in [0.2, 0.25) is 0 Å². The number of nitrogen functional groups attached to an aromatic ring is 1. The molecule has 3 N–H and O–H groups in total. The second kappa shape index (κ2) is 6.92. The zero-order chi connectivity index (χ0) is 18.1. The lowest BCUT2D eigenvalue weighted by molar-refractivity contribution is -0.120. The molecule has 0 unspecified atom stereocenters. The summed E-state index contributed by atoms with van der Waals surface area (Å²) < 4.78 is 19.5. The van der Waals surface area contributed by atoms with Gasteiger partial charge in [0.1, 0.15) is 28.2 Å². The molecule has 1 aliphatic heterocycles. The molecule has 24 heavy (non-hydrogen) atoms. The number of nitrogens with two attached hydrogens (primary N) is 1. The average Bonchev–Trinajstić information content (AvgIpc) is 2.82. The first-order valence-corrected chi connectivity index (χ1v) is 8.22. The van der Waals surface area contributed by atoms with Crippen molar-refractivity contribution < 1.29 is 18.7 Å². The van der Waals surface area contributed by atoms with Crippen LogP contribution in [0.1, 0.15) is 27.2 Å². The molecule has 2 amide bonds. The van der Waals surface area contributed by atoms with Gasteiger partial charge in [-0.05, 0) is 48.8 Å². The number of aromatic nitrogens is 1. The summed E-state index contributed by atoms with van der Waals surface area (Å²) in [5.41, 5.74) is 5.31.